The molecule has 0 atom stereocenters. The van der Waals surface area contributed by atoms with Crippen LogP contribution in [0.1, 0.15) is 33.7 Å². The molecule has 1 fully saturated rings. The summed E-state index contributed by atoms with van der Waals surface area (Å²) in [6.07, 6.45) is 5.31. The lowest BCUT2D eigenvalue weighted by Gasteiger charge is -2.06. The zero-order valence-corrected chi connectivity index (χ0v) is 14.0. The summed E-state index contributed by atoms with van der Waals surface area (Å²) >= 11 is 0. The third kappa shape index (κ3) is 3.08. The number of carboxylic acid groups (broad SMARTS) is 1. The average molecular weight is 355 g/mol. The van der Waals surface area contributed by atoms with E-state index in [2.05, 4.69) is 25.8 Å². The second-order valence-electron chi connectivity index (χ2n) is 6.27. The fourth-order valence-corrected chi connectivity index (χ4v) is 2.65. The van der Waals surface area contributed by atoms with Crippen LogP contribution in [-0.4, -0.2) is 47.9 Å². The fourth-order valence-electron chi connectivity index (χ4n) is 2.65. The molecule has 10 heteroatoms. The summed E-state index contributed by atoms with van der Waals surface area (Å²) in [7, 11) is 1.51. The largest absolute Gasteiger partial charge is 0.478 e. The number of anilines is 2. The van der Waals surface area contributed by atoms with Gasteiger partial charge in [0.15, 0.2) is 5.65 Å². The zero-order valence-electron chi connectivity index (χ0n) is 14.0. The predicted octanol–water partition coefficient (Wildman–Crippen LogP) is 1.24. The van der Waals surface area contributed by atoms with Crippen LogP contribution in [0.3, 0.4) is 0 Å². The molecule has 1 saturated carbocycles. The number of carbonyl (C=O) groups excluding carboxylic acids is 1. The molecule has 3 heterocycles. The van der Waals surface area contributed by atoms with Crippen molar-refractivity contribution in [2.45, 2.75) is 12.8 Å². The van der Waals surface area contributed by atoms with Gasteiger partial charge in [0, 0.05) is 31.5 Å². The van der Waals surface area contributed by atoms with Crippen molar-refractivity contribution < 1.29 is 14.7 Å². The van der Waals surface area contributed by atoms with Gasteiger partial charge in [0.05, 0.1) is 6.20 Å². The highest BCUT2D eigenvalue weighted by atomic mass is 16.4. The number of amides is 1. The smallest absolute Gasteiger partial charge is 0.339 e. The van der Waals surface area contributed by atoms with Crippen LogP contribution in [-0.2, 0) is 7.05 Å². The number of nitrogens with zero attached hydrogens (tertiary/aromatic N) is 5. The van der Waals surface area contributed by atoms with E-state index in [1.165, 1.54) is 24.6 Å². The topological polar surface area (TPSA) is 126 Å². The minimum atomic E-state index is -1.21. The molecule has 1 aliphatic carbocycles. The van der Waals surface area contributed by atoms with E-state index in [-0.39, 0.29) is 11.3 Å². The molecule has 0 aromatic carbocycles. The number of aryl methyl sites for hydroxylation is 1. The Hall–Kier alpha value is -3.43. The molecule has 0 unspecified atom stereocenters. The predicted molar refractivity (Wildman–Crippen MR) is 92.3 cm³/mol. The van der Waals surface area contributed by atoms with Crippen LogP contribution < -0.4 is 10.6 Å². The highest BCUT2D eigenvalue weighted by Gasteiger charge is 2.22. The molecule has 10 nitrogen and oxygen atoms in total. The minimum Gasteiger partial charge on any atom is -0.478 e. The van der Waals surface area contributed by atoms with Crippen LogP contribution >= 0.6 is 0 Å². The number of pyridine rings is 1. The summed E-state index contributed by atoms with van der Waals surface area (Å²) in [5, 5.41) is 23.2. The van der Waals surface area contributed by atoms with Gasteiger partial charge in [-0.25, -0.2) is 9.31 Å². The maximum Gasteiger partial charge on any atom is 0.339 e. The highest BCUT2D eigenvalue weighted by molar-refractivity contribution is 6.09. The number of rotatable bonds is 6. The Labute approximate surface area is 147 Å². The van der Waals surface area contributed by atoms with Crippen molar-refractivity contribution in [1.29, 1.82) is 0 Å². The molecule has 4 rings (SSSR count). The second kappa shape index (κ2) is 6.14. The van der Waals surface area contributed by atoms with Crippen molar-refractivity contribution in [3.05, 3.63) is 35.8 Å². The maximum atomic E-state index is 12.5. The lowest BCUT2D eigenvalue weighted by atomic mass is 10.2. The van der Waals surface area contributed by atoms with Gasteiger partial charge in [0.25, 0.3) is 5.91 Å². The molecule has 0 saturated heterocycles. The number of nitrogens with one attached hydrogen (secondary N) is 2. The first kappa shape index (κ1) is 16.1. The number of fused-ring (bicyclic) bond motifs is 1. The van der Waals surface area contributed by atoms with E-state index in [0.717, 1.165) is 12.7 Å². The fraction of sp³-hybridized carbons (Fsp3) is 0.312. The highest BCUT2D eigenvalue weighted by Crippen LogP contribution is 2.28. The normalized spacial score (nSPS) is 13.7. The van der Waals surface area contributed by atoms with Gasteiger partial charge < -0.3 is 15.7 Å². The number of carbonyl (C=O) groups is 2. The first-order chi connectivity index (χ1) is 12.5. The number of aromatic nitrogens is 5. The quantitative estimate of drug-likeness (QED) is 0.607. The van der Waals surface area contributed by atoms with Gasteiger partial charge in [-0.2, -0.15) is 10.1 Å². The molecule has 1 amide bonds. The van der Waals surface area contributed by atoms with Gasteiger partial charge in [0.1, 0.15) is 11.3 Å². The number of hydrogen-bond acceptors (Lipinski definition) is 6. The van der Waals surface area contributed by atoms with Crippen LogP contribution in [0.4, 0.5) is 11.6 Å². The molecular weight excluding hydrogens is 338 g/mol. The standard InChI is InChI=1S/C16H17N7O3/c1-22-13(11(8-18-22)15(25)26)14(24)19-10-4-5-23-12(6-10)20-16(21-23)17-7-9-2-3-9/h4-6,8-9H,2-3,7H2,1H3,(H,17,21)(H,19,24)(H,25,26). The van der Waals surface area contributed by atoms with E-state index in [0.29, 0.717) is 23.2 Å². The van der Waals surface area contributed by atoms with Crippen LogP contribution in [0.15, 0.2) is 24.5 Å². The summed E-state index contributed by atoms with van der Waals surface area (Å²) < 4.78 is 2.84. The Morgan fingerprint density at radius 3 is 2.92 bits per heavy atom. The number of aromatic carboxylic acids is 1. The Bertz CT molecular complexity index is 1000. The lowest BCUT2D eigenvalue weighted by molar-refractivity contribution is 0.0692. The number of hydrogen-bond donors (Lipinski definition) is 3. The Balaban J connectivity index is 1.54. The molecule has 3 N–H and O–H groups in total. The van der Waals surface area contributed by atoms with Gasteiger partial charge in [-0.3, -0.25) is 9.48 Å². The molecule has 3 aromatic heterocycles. The molecule has 3 aromatic rings. The van der Waals surface area contributed by atoms with Crippen LogP contribution in [0.25, 0.3) is 5.65 Å². The first-order valence-electron chi connectivity index (χ1n) is 8.18. The Kier molecular flexibility index (Phi) is 3.79. The van der Waals surface area contributed by atoms with Gasteiger partial charge >= 0.3 is 5.97 Å². The summed E-state index contributed by atoms with van der Waals surface area (Å²) in [6.45, 7) is 0.860. The monoisotopic (exact) mass is 355 g/mol. The summed E-state index contributed by atoms with van der Waals surface area (Å²) in [5.74, 6) is -0.514. The van der Waals surface area contributed by atoms with Crippen molar-refractivity contribution >= 4 is 29.2 Å². The van der Waals surface area contributed by atoms with E-state index in [9.17, 15) is 14.7 Å². The van der Waals surface area contributed by atoms with Crippen molar-refractivity contribution in [1.82, 2.24) is 24.4 Å². The van der Waals surface area contributed by atoms with E-state index in [1.807, 2.05) is 0 Å². The van der Waals surface area contributed by atoms with Gasteiger partial charge in [-0.05, 0) is 24.8 Å². The minimum absolute atomic E-state index is 0.0226. The summed E-state index contributed by atoms with van der Waals surface area (Å²) in [5.41, 5.74) is 0.886. The third-order valence-electron chi connectivity index (χ3n) is 4.23. The van der Waals surface area contributed by atoms with Crippen molar-refractivity contribution in [3.8, 4) is 0 Å². The Morgan fingerprint density at radius 1 is 1.38 bits per heavy atom. The van der Waals surface area contributed by atoms with Crippen LogP contribution in [0.5, 0.6) is 0 Å². The second-order valence-corrected chi connectivity index (χ2v) is 6.27. The molecule has 134 valence electrons. The summed E-state index contributed by atoms with van der Waals surface area (Å²) in [6, 6.07) is 3.34. The molecule has 0 radical (unpaired) electrons. The molecular formula is C16H17N7O3. The van der Waals surface area contributed by atoms with E-state index >= 15 is 0 Å². The molecule has 0 bridgehead atoms. The van der Waals surface area contributed by atoms with Crippen LogP contribution in [0, 0.1) is 5.92 Å². The van der Waals surface area contributed by atoms with E-state index < -0.39 is 11.9 Å². The van der Waals surface area contributed by atoms with E-state index in [1.54, 1.807) is 22.8 Å². The van der Waals surface area contributed by atoms with Crippen molar-refractivity contribution in [2.75, 3.05) is 17.2 Å². The van der Waals surface area contributed by atoms with Crippen molar-refractivity contribution in [3.63, 3.8) is 0 Å². The van der Waals surface area contributed by atoms with Crippen molar-refractivity contribution in [2.24, 2.45) is 13.0 Å². The van der Waals surface area contributed by atoms with E-state index in [4.69, 9.17) is 0 Å². The zero-order chi connectivity index (χ0) is 18.3. The average Bonchev–Trinajstić information content (AvgIpc) is 3.21. The van der Waals surface area contributed by atoms with Gasteiger partial charge in [-0.15, -0.1) is 5.10 Å². The molecule has 0 spiro atoms. The first-order valence-corrected chi connectivity index (χ1v) is 8.18. The maximum absolute atomic E-state index is 12.5. The molecule has 26 heavy (non-hydrogen) atoms. The lowest BCUT2D eigenvalue weighted by Crippen LogP contribution is -2.19. The molecule has 1 aliphatic rings. The molecule has 0 aliphatic heterocycles. The SMILES string of the molecule is Cn1ncc(C(=O)O)c1C(=O)Nc1ccn2nc(NCC3CC3)nc2c1. The van der Waals surface area contributed by atoms with Gasteiger partial charge in [0.2, 0.25) is 5.95 Å². The van der Waals surface area contributed by atoms with Gasteiger partial charge in [-0.1, -0.05) is 0 Å². The Morgan fingerprint density at radius 2 is 2.19 bits per heavy atom. The van der Waals surface area contributed by atoms with Crippen LogP contribution in [0.2, 0.25) is 0 Å². The summed E-state index contributed by atoms with van der Waals surface area (Å²) in [4.78, 5) is 28.1. The third-order valence-corrected chi connectivity index (χ3v) is 4.23. The number of carboxylic acids is 1.